The molecule has 0 bridgehead atoms. The maximum Gasteiger partial charge on any atom is 0.174 e. The van der Waals surface area contributed by atoms with E-state index in [4.69, 9.17) is 4.18 Å². The maximum absolute atomic E-state index is 9.95. The standard InChI is InChI=1S/C15H12O3S/c1-18-19-15-12-7-10-5-3-2-4-9(10)6-11(12)8-13(16)14(15)17/h2-8,16-17H,1H3. The minimum Gasteiger partial charge on any atom is -0.504 e. The lowest BCUT2D eigenvalue weighted by molar-refractivity contribution is 0.394. The van der Waals surface area contributed by atoms with Crippen LogP contribution in [0.2, 0.25) is 0 Å². The van der Waals surface area contributed by atoms with E-state index in [1.54, 1.807) is 6.07 Å². The Morgan fingerprint density at radius 3 is 2.32 bits per heavy atom. The van der Waals surface area contributed by atoms with Gasteiger partial charge < -0.3 is 14.4 Å². The molecule has 3 rings (SSSR count). The second-order valence-corrected chi connectivity index (χ2v) is 5.15. The maximum atomic E-state index is 9.95. The van der Waals surface area contributed by atoms with Gasteiger partial charge in [-0.05, 0) is 34.4 Å². The molecule has 96 valence electrons. The molecular weight excluding hydrogens is 260 g/mol. The summed E-state index contributed by atoms with van der Waals surface area (Å²) < 4.78 is 5.03. The fourth-order valence-electron chi connectivity index (χ4n) is 2.20. The number of fused-ring (bicyclic) bond motifs is 2. The molecule has 0 atom stereocenters. The highest BCUT2D eigenvalue weighted by molar-refractivity contribution is 7.95. The average molecular weight is 272 g/mol. The summed E-state index contributed by atoms with van der Waals surface area (Å²) in [5.41, 5.74) is 0. The summed E-state index contributed by atoms with van der Waals surface area (Å²) in [5.74, 6) is -0.281. The van der Waals surface area contributed by atoms with Gasteiger partial charge in [-0.15, -0.1) is 0 Å². The van der Waals surface area contributed by atoms with Crippen LogP contribution in [0.1, 0.15) is 0 Å². The highest BCUT2D eigenvalue weighted by Gasteiger charge is 2.13. The highest BCUT2D eigenvalue weighted by atomic mass is 32.2. The van der Waals surface area contributed by atoms with Crippen LogP contribution >= 0.6 is 12.0 Å². The Morgan fingerprint density at radius 2 is 1.63 bits per heavy atom. The second-order valence-electron chi connectivity index (χ2n) is 4.24. The molecule has 0 unspecified atom stereocenters. The van der Waals surface area contributed by atoms with Gasteiger partial charge in [0.15, 0.2) is 11.5 Å². The summed E-state index contributed by atoms with van der Waals surface area (Å²) in [7, 11) is 1.53. The van der Waals surface area contributed by atoms with E-state index >= 15 is 0 Å². The lowest BCUT2D eigenvalue weighted by Gasteiger charge is -2.10. The van der Waals surface area contributed by atoms with E-state index in [2.05, 4.69) is 0 Å². The zero-order chi connectivity index (χ0) is 13.4. The summed E-state index contributed by atoms with van der Waals surface area (Å²) in [5, 5.41) is 23.6. The fourth-order valence-corrected chi connectivity index (χ4v) is 2.82. The Hall–Kier alpha value is -1.91. The van der Waals surface area contributed by atoms with E-state index in [-0.39, 0.29) is 11.5 Å². The molecular formula is C15H12O3S. The molecule has 3 aromatic carbocycles. The predicted octanol–water partition coefficient (Wildman–Crippen LogP) is 4.06. The molecule has 4 heteroatoms. The quantitative estimate of drug-likeness (QED) is 0.419. The topological polar surface area (TPSA) is 49.7 Å². The number of rotatable bonds is 2. The Balaban J connectivity index is 2.42. The molecule has 0 heterocycles. The van der Waals surface area contributed by atoms with Gasteiger partial charge in [0.1, 0.15) is 0 Å². The van der Waals surface area contributed by atoms with Gasteiger partial charge in [0.05, 0.1) is 12.0 Å². The number of aromatic hydroxyl groups is 2. The SMILES string of the molecule is COSc1c(O)c(O)cc2cc3ccccc3cc12. The summed E-state index contributed by atoms with van der Waals surface area (Å²) in [4.78, 5) is 0.531. The van der Waals surface area contributed by atoms with Crippen molar-refractivity contribution in [3.63, 3.8) is 0 Å². The number of hydrogen-bond donors (Lipinski definition) is 2. The Morgan fingerprint density at radius 1 is 0.947 bits per heavy atom. The van der Waals surface area contributed by atoms with Gasteiger partial charge in [-0.1, -0.05) is 24.3 Å². The van der Waals surface area contributed by atoms with Gasteiger partial charge >= 0.3 is 0 Å². The molecule has 3 nitrogen and oxygen atoms in total. The molecule has 0 radical (unpaired) electrons. The third kappa shape index (κ3) is 1.99. The molecule has 3 aromatic rings. The molecule has 0 saturated heterocycles. The van der Waals surface area contributed by atoms with Crippen molar-refractivity contribution in [2.24, 2.45) is 0 Å². The number of benzene rings is 3. The summed E-state index contributed by atoms with van der Waals surface area (Å²) in [6.07, 6.45) is 0. The summed E-state index contributed by atoms with van der Waals surface area (Å²) in [6, 6.07) is 13.5. The van der Waals surface area contributed by atoms with Gasteiger partial charge in [-0.25, -0.2) is 0 Å². The average Bonchev–Trinajstić information content (AvgIpc) is 2.42. The Bertz CT molecular complexity index is 768. The summed E-state index contributed by atoms with van der Waals surface area (Å²) in [6.45, 7) is 0. The van der Waals surface area contributed by atoms with Gasteiger partial charge in [-0.2, -0.15) is 0 Å². The normalized spacial score (nSPS) is 11.2. The van der Waals surface area contributed by atoms with Crippen LogP contribution in [0.3, 0.4) is 0 Å². The monoisotopic (exact) mass is 272 g/mol. The first-order valence-corrected chi connectivity index (χ1v) is 6.53. The van der Waals surface area contributed by atoms with Crippen LogP contribution in [0.15, 0.2) is 47.4 Å². The molecule has 0 aliphatic rings. The zero-order valence-electron chi connectivity index (χ0n) is 10.3. The van der Waals surface area contributed by atoms with Crippen molar-refractivity contribution in [3.05, 3.63) is 42.5 Å². The number of phenolic OH excluding ortho intramolecular Hbond substituents is 2. The van der Waals surface area contributed by atoms with Crippen molar-refractivity contribution >= 4 is 33.6 Å². The van der Waals surface area contributed by atoms with E-state index < -0.39 is 0 Å². The van der Waals surface area contributed by atoms with Crippen molar-refractivity contribution in [1.82, 2.24) is 0 Å². The zero-order valence-corrected chi connectivity index (χ0v) is 11.1. The van der Waals surface area contributed by atoms with E-state index in [1.165, 1.54) is 7.11 Å². The first-order chi connectivity index (χ1) is 9.20. The van der Waals surface area contributed by atoms with Crippen LogP contribution in [0, 0.1) is 0 Å². The van der Waals surface area contributed by atoms with Crippen LogP contribution in [0.4, 0.5) is 0 Å². The molecule has 19 heavy (non-hydrogen) atoms. The van der Waals surface area contributed by atoms with Crippen LogP contribution < -0.4 is 0 Å². The van der Waals surface area contributed by atoms with Crippen molar-refractivity contribution in [2.75, 3.05) is 7.11 Å². The van der Waals surface area contributed by atoms with Gasteiger partial charge in [0, 0.05) is 17.4 Å². The molecule has 0 aromatic heterocycles. The Kier molecular flexibility index (Phi) is 2.97. The van der Waals surface area contributed by atoms with Crippen LogP contribution in [0.25, 0.3) is 21.5 Å². The van der Waals surface area contributed by atoms with Gasteiger partial charge in [-0.3, -0.25) is 0 Å². The number of hydrogen-bond acceptors (Lipinski definition) is 4. The lowest BCUT2D eigenvalue weighted by atomic mass is 10.0. The van der Waals surface area contributed by atoms with Crippen molar-refractivity contribution in [3.8, 4) is 11.5 Å². The van der Waals surface area contributed by atoms with Gasteiger partial charge in [0.25, 0.3) is 0 Å². The fraction of sp³-hybridized carbons (Fsp3) is 0.0667. The van der Waals surface area contributed by atoms with Gasteiger partial charge in [0.2, 0.25) is 0 Å². The van der Waals surface area contributed by atoms with Crippen molar-refractivity contribution < 1.29 is 14.4 Å². The molecule has 0 aliphatic carbocycles. The van der Waals surface area contributed by atoms with E-state index in [1.807, 2.05) is 36.4 Å². The third-order valence-electron chi connectivity index (χ3n) is 3.08. The molecule has 0 saturated carbocycles. The van der Waals surface area contributed by atoms with Crippen LogP contribution in [-0.2, 0) is 4.18 Å². The molecule has 2 N–H and O–H groups in total. The third-order valence-corrected chi connectivity index (χ3v) is 3.83. The number of phenols is 2. The lowest BCUT2D eigenvalue weighted by Crippen LogP contribution is -1.83. The first-order valence-electron chi connectivity index (χ1n) is 5.79. The van der Waals surface area contributed by atoms with Crippen LogP contribution in [-0.4, -0.2) is 17.3 Å². The largest absolute Gasteiger partial charge is 0.504 e. The van der Waals surface area contributed by atoms with E-state index in [9.17, 15) is 10.2 Å². The predicted molar refractivity (Wildman–Crippen MR) is 77.6 cm³/mol. The first kappa shape index (κ1) is 12.1. The van der Waals surface area contributed by atoms with Crippen molar-refractivity contribution in [2.45, 2.75) is 4.90 Å². The second kappa shape index (κ2) is 4.64. The van der Waals surface area contributed by atoms with E-state index in [0.29, 0.717) is 4.90 Å². The molecule has 0 fully saturated rings. The van der Waals surface area contributed by atoms with E-state index in [0.717, 1.165) is 33.6 Å². The van der Waals surface area contributed by atoms with Crippen LogP contribution in [0.5, 0.6) is 11.5 Å². The summed E-state index contributed by atoms with van der Waals surface area (Å²) >= 11 is 1.04. The molecule has 0 amide bonds. The minimum atomic E-state index is -0.144. The van der Waals surface area contributed by atoms with Crippen molar-refractivity contribution in [1.29, 1.82) is 0 Å². The minimum absolute atomic E-state index is 0.137. The Labute approximate surface area is 114 Å². The molecule has 0 aliphatic heterocycles. The highest BCUT2D eigenvalue weighted by Crippen LogP contribution is 2.43. The molecule has 0 spiro atoms. The smallest absolute Gasteiger partial charge is 0.174 e.